The molecule has 0 aliphatic heterocycles. The van der Waals surface area contributed by atoms with Crippen LogP contribution in [-0.4, -0.2) is 11.8 Å². The maximum Gasteiger partial charge on any atom is 0.303 e. The Morgan fingerprint density at radius 1 is 1.06 bits per heavy atom. The third-order valence-corrected chi connectivity index (χ3v) is 2.69. The van der Waals surface area contributed by atoms with Crippen molar-refractivity contribution in [2.45, 2.75) is 40.7 Å². The van der Waals surface area contributed by atoms with Crippen molar-refractivity contribution < 1.29 is 14.3 Å². The molecule has 1 unspecified atom stereocenters. The fraction of sp³-hybridized carbons (Fsp3) is 0.467. The van der Waals surface area contributed by atoms with Gasteiger partial charge in [-0.3, -0.25) is 9.59 Å². The summed E-state index contributed by atoms with van der Waals surface area (Å²) in [6, 6.07) is 7.21. The van der Waals surface area contributed by atoms with Gasteiger partial charge in [-0.25, -0.2) is 0 Å². The highest BCUT2D eigenvalue weighted by atomic mass is 16.5. The van der Waals surface area contributed by atoms with Crippen molar-refractivity contribution in [2.24, 2.45) is 5.41 Å². The van der Waals surface area contributed by atoms with Crippen molar-refractivity contribution in [1.82, 2.24) is 0 Å². The Bertz CT molecular complexity index is 438. The second kappa shape index (κ2) is 5.34. The van der Waals surface area contributed by atoms with Gasteiger partial charge in [-0.15, -0.1) is 0 Å². The predicted molar refractivity (Wildman–Crippen MR) is 70.4 cm³/mol. The van der Waals surface area contributed by atoms with Gasteiger partial charge in [0.2, 0.25) is 0 Å². The SMILES string of the molecule is CC(=O)OC(c1ccc(C(C)=O)cc1)C(C)(C)C. The van der Waals surface area contributed by atoms with Crippen LogP contribution in [0.3, 0.4) is 0 Å². The number of esters is 1. The lowest BCUT2D eigenvalue weighted by Gasteiger charge is -2.30. The van der Waals surface area contributed by atoms with Gasteiger partial charge in [-0.2, -0.15) is 0 Å². The van der Waals surface area contributed by atoms with Crippen LogP contribution >= 0.6 is 0 Å². The number of ketones is 1. The number of Topliss-reactive ketones (excluding diaryl/α,β-unsaturated/α-hetero) is 1. The molecule has 0 spiro atoms. The normalized spacial score (nSPS) is 12.9. The van der Waals surface area contributed by atoms with Gasteiger partial charge in [0.25, 0.3) is 0 Å². The lowest BCUT2D eigenvalue weighted by atomic mass is 9.84. The van der Waals surface area contributed by atoms with Crippen molar-refractivity contribution in [2.75, 3.05) is 0 Å². The summed E-state index contributed by atoms with van der Waals surface area (Å²) in [5.74, 6) is -0.271. The first-order valence-electron chi connectivity index (χ1n) is 6.00. The zero-order valence-corrected chi connectivity index (χ0v) is 11.6. The smallest absolute Gasteiger partial charge is 0.303 e. The largest absolute Gasteiger partial charge is 0.457 e. The summed E-state index contributed by atoms with van der Waals surface area (Å²) in [5, 5.41) is 0. The second-order valence-corrected chi connectivity index (χ2v) is 5.53. The van der Waals surface area contributed by atoms with Crippen LogP contribution in [0.5, 0.6) is 0 Å². The van der Waals surface area contributed by atoms with Gasteiger partial charge in [0.1, 0.15) is 6.10 Å². The molecule has 1 atom stereocenters. The average molecular weight is 248 g/mol. The Morgan fingerprint density at radius 2 is 1.56 bits per heavy atom. The number of benzene rings is 1. The third kappa shape index (κ3) is 3.69. The van der Waals surface area contributed by atoms with Crippen molar-refractivity contribution in [1.29, 1.82) is 0 Å². The molecule has 1 aromatic rings. The number of rotatable bonds is 3. The van der Waals surface area contributed by atoms with Crippen LogP contribution in [0.25, 0.3) is 0 Å². The minimum absolute atomic E-state index is 0.0290. The average Bonchev–Trinajstić information content (AvgIpc) is 2.24. The maximum atomic E-state index is 11.2. The Labute approximate surface area is 108 Å². The van der Waals surface area contributed by atoms with E-state index in [-0.39, 0.29) is 23.3 Å². The van der Waals surface area contributed by atoms with Crippen LogP contribution < -0.4 is 0 Å². The predicted octanol–water partition coefficient (Wildman–Crippen LogP) is 3.54. The molecule has 0 fully saturated rings. The van der Waals surface area contributed by atoms with E-state index in [2.05, 4.69) is 0 Å². The molecule has 0 aliphatic rings. The molecule has 0 aliphatic carbocycles. The molecular formula is C15H20O3. The fourth-order valence-electron chi connectivity index (χ4n) is 1.80. The second-order valence-electron chi connectivity index (χ2n) is 5.53. The monoisotopic (exact) mass is 248 g/mol. The molecule has 0 heterocycles. The summed E-state index contributed by atoms with van der Waals surface area (Å²) in [5.41, 5.74) is 1.38. The zero-order chi connectivity index (χ0) is 13.9. The molecule has 98 valence electrons. The van der Waals surface area contributed by atoms with E-state index < -0.39 is 0 Å². The van der Waals surface area contributed by atoms with Gasteiger partial charge in [0.05, 0.1) is 0 Å². The highest BCUT2D eigenvalue weighted by molar-refractivity contribution is 5.94. The van der Waals surface area contributed by atoms with Crippen molar-refractivity contribution in [3.63, 3.8) is 0 Å². The first-order valence-corrected chi connectivity index (χ1v) is 6.00. The van der Waals surface area contributed by atoms with Crippen molar-refractivity contribution in [3.05, 3.63) is 35.4 Å². The van der Waals surface area contributed by atoms with Crippen LogP contribution in [-0.2, 0) is 9.53 Å². The number of hydrogen-bond donors (Lipinski definition) is 0. The van der Waals surface area contributed by atoms with Gasteiger partial charge in [0.15, 0.2) is 5.78 Å². The van der Waals surface area contributed by atoms with Gasteiger partial charge in [0, 0.05) is 17.9 Å². The number of ether oxygens (including phenoxy) is 1. The molecule has 0 amide bonds. The van der Waals surface area contributed by atoms with Crippen LogP contribution in [0.4, 0.5) is 0 Å². The molecular weight excluding hydrogens is 228 g/mol. The van der Waals surface area contributed by atoms with Gasteiger partial charge in [-0.05, 0) is 12.5 Å². The van der Waals surface area contributed by atoms with Crippen LogP contribution in [0.15, 0.2) is 24.3 Å². The highest BCUT2D eigenvalue weighted by Crippen LogP contribution is 2.36. The van der Waals surface area contributed by atoms with Gasteiger partial charge in [-0.1, -0.05) is 45.0 Å². The van der Waals surface area contributed by atoms with E-state index in [0.29, 0.717) is 5.56 Å². The van der Waals surface area contributed by atoms with Gasteiger partial charge >= 0.3 is 5.97 Å². The molecule has 1 rings (SSSR count). The van der Waals surface area contributed by atoms with E-state index in [9.17, 15) is 9.59 Å². The van der Waals surface area contributed by atoms with E-state index in [1.165, 1.54) is 13.8 Å². The summed E-state index contributed by atoms with van der Waals surface area (Å²) in [6.45, 7) is 8.98. The first kappa shape index (κ1) is 14.4. The minimum atomic E-state index is -0.309. The number of hydrogen-bond acceptors (Lipinski definition) is 3. The molecule has 1 aromatic carbocycles. The maximum absolute atomic E-state index is 11.2. The van der Waals surface area contributed by atoms with E-state index in [1.54, 1.807) is 12.1 Å². The summed E-state index contributed by atoms with van der Waals surface area (Å²) < 4.78 is 5.38. The van der Waals surface area contributed by atoms with Crippen molar-refractivity contribution in [3.8, 4) is 0 Å². The Balaban J connectivity index is 3.06. The molecule has 0 saturated heterocycles. The van der Waals surface area contributed by atoms with Crippen molar-refractivity contribution >= 4 is 11.8 Å². The summed E-state index contributed by atoms with van der Waals surface area (Å²) in [4.78, 5) is 22.4. The van der Waals surface area contributed by atoms with Gasteiger partial charge < -0.3 is 4.74 Å². The van der Waals surface area contributed by atoms with Crippen LogP contribution in [0, 0.1) is 5.41 Å². The van der Waals surface area contributed by atoms with E-state index in [4.69, 9.17) is 4.74 Å². The number of carbonyl (C=O) groups excluding carboxylic acids is 2. The summed E-state index contributed by atoms with van der Waals surface area (Å²) in [6.07, 6.45) is -0.309. The third-order valence-electron chi connectivity index (χ3n) is 2.69. The number of carbonyl (C=O) groups is 2. The van der Waals surface area contributed by atoms with E-state index >= 15 is 0 Å². The molecule has 0 saturated carbocycles. The lowest BCUT2D eigenvalue weighted by molar-refractivity contribution is -0.152. The fourth-order valence-corrected chi connectivity index (χ4v) is 1.80. The molecule has 18 heavy (non-hydrogen) atoms. The first-order chi connectivity index (χ1) is 8.21. The topological polar surface area (TPSA) is 43.4 Å². The Morgan fingerprint density at radius 3 is 1.89 bits per heavy atom. The van der Waals surface area contributed by atoms with E-state index in [0.717, 1.165) is 5.56 Å². The zero-order valence-electron chi connectivity index (χ0n) is 11.6. The molecule has 3 nitrogen and oxygen atoms in total. The molecule has 0 aromatic heterocycles. The van der Waals surface area contributed by atoms with Crippen LogP contribution in [0.2, 0.25) is 0 Å². The highest BCUT2D eigenvalue weighted by Gasteiger charge is 2.29. The van der Waals surface area contributed by atoms with E-state index in [1.807, 2.05) is 32.9 Å². The Hall–Kier alpha value is -1.64. The summed E-state index contributed by atoms with van der Waals surface area (Å²) >= 11 is 0. The Kier molecular flexibility index (Phi) is 4.28. The summed E-state index contributed by atoms with van der Waals surface area (Å²) in [7, 11) is 0. The minimum Gasteiger partial charge on any atom is -0.457 e. The molecule has 0 N–H and O–H groups in total. The standard InChI is InChI=1S/C15H20O3/c1-10(16)12-6-8-13(9-7-12)14(15(3,4)5)18-11(2)17/h6-9,14H,1-5H3. The van der Waals surface area contributed by atoms with Crippen LogP contribution in [0.1, 0.15) is 56.6 Å². The lowest BCUT2D eigenvalue weighted by Crippen LogP contribution is -2.23. The molecule has 0 radical (unpaired) electrons. The molecule has 0 bridgehead atoms. The molecule has 3 heteroatoms. The quantitative estimate of drug-likeness (QED) is 0.607.